The molecule has 1 N–H and O–H groups in total. The highest BCUT2D eigenvalue weighted by molar-refractivity contribution is 7.29. The van der Waals surface area contributed by atoms with Crippen molar-refractivity contribution >= 4 is 104 Å². The molecule has 0 saturated carbocycles. The summed E-state index contributed by atoms with van der Waals surface area (Å²) < 4.78 is 7.97. The molecule has 1 aliphatic heterocycles. The van der Waals surface area contributed by atoms with Crippen LogP contribution in [0.25, 0.3) is 80.0 Å². The van der Waals surface area contributed by atoms with E-state index in [0.717, 1.165) is 11.4 Å². The fraction of sp³-hybridized carbons (Fsp3) is 0.302. The molecule has 3 aromatic heterocycles. The second kappa shape index (κ2) is 14.2. The van der Waals surface area contributed by atoms with Gasteiger partial charge in [-0.15, -0.1) is 22.7 Å². The van der Waals surface area contributed by atoms with Crippen LogP contribution in [0.3, 0.4) is 0 Å². The number of rotatable bonds is 3. The summed E-state index contributed by atoms with van der Waals surface area (Å²) in [6.45, 7) is 32.9. The van der Waals surface area contributed by atoms with Crippen LogP contribution in [-0.4, -0.2) is 11.8 Å². The highest BCUT2D eigenvalue weighted by atomic mass is 32.1. The molecule has 4 heterocycles. The molecule has 0 saturated heterocycles. The van der Waals surface area contributed by atoms with Gasteiger partial charge in [0.1, 0.15) is 0 Å². The van der Waals surface area contributed by atoms with Crippen molar-refractivity contribution in [1.82, 2.24) is 4.57 Å². The first-order chi connectivity index (χ1) is 32.0. The van der Waals surface area contributed by atoms with Crippen molar-refractivity contribution in [2.45, 2.75) is 124 Å². The Morgan fingerprint density at radius 2 is 1.12 bits per heavy atom. The number of nitrogens with zero attached hydrogens (tertiary/aromatic N) is 1. The van der Waals surface area contributed by atoms with Crippen LogP contribution >= 0.6 is 22.7 Å². The van der Waals surface area contributed by atoms with Crippen LogP contribution in [0.1, 0.15) is 130 Å². The molecule has 0 unspecified atom stereocenters. The summed E-state index contributed by atoms with van der Waals surface area (Å²) in [4.78, 5) is 0. The fourth-order valence-electron chi connectivity index (χ4n) is 11.5. The zero-order chi connectivity index (χ0) is 47.8. The van der Waals surface area contributed by atoms with Crippen LogP contribution in [-0.2, 0) is 27.1 Å². The van der Waals surface area contributed by atoms with E-state index in [4.69, 9.17) is 0 Å². The van der Waals surface area contributed by atoms with E-state index in [2.05, 4.69) is 229 Å². The van der Waals surface area contributed by atoms with Gasteiger partial charge in [0.05, 0.1) is 11.2 Å². The molecule has 0 amide bonds. The van der Waals surface area contributed by atoms with E-state index >= 15 is 0 Å². The lowest BCUT2D eigenvalue weighted by atomic mass is 9.61. The maximum atomic E-state index is 4.09. The summed E-state index contributed by atoms with van der Waals surface area (Å²) in [5.41, 5.74) is 20.8. The van der Waals surface area contributed by atoms with Gasteiger partial charge in [0, 0.05) is 68.9 Å². The van der Waals surface area contributed by atoms with E-state index < -0.39 is 0 Å². The van der Waals surface area contributed by atoms with Gasteiger partial charge in [0.25, 0.3) is 0 Å². The molecule has 12 rings (SSSR count). The Kier molecular flexibility index (Phi) is 9.14. The van der Waals surface area contributed by atoms with Gasteiger partial charge in [0.2, 0.25) is 7.28 Å². The quantitative estimate of drug-likeness (QED) is 0.175. The lowest BCUT2D eigenvalue weighted by Crippen LogP contribution is -2.36. The predicted octanol–water partition coefficient (Wildman–Crippen LogP) is 17.2. The van der Waals surface area contributed by atoms with Gasteiger partial charge in [-0.2, -0.15) is 0 Å². The van der Waals surface area contributed by atoms with E-state index in [1.54, 1.807) is 0 Å². The summed E-state index contributed by atoms with van der Waals surface area (Å²) in [7, 11) is 2.58. The van der Waals surface area contributed by atoms with Crippen molar-refractivity contribution in [3.63, 3.8) is 0 Å². The predicted molar refractivity (Wildman–Crippen MR) is 302 cm³/mol. The fourth-order valence-corrected chi connectivity index (χ4v) is 13.8. The largest absolute Gasteiger partial charge is 0.355 e. The lowest BCUT2D eigenvalue weighted by molar-refractivity contribution is 0.590. The van der Waals surface area contributed by atoms with Crippen molar-refractivity contribution in [3.8, 4) is 27.9 Å². The van der Waals surface area contributed by atoms with Crippen molar-refractivity contribution in [1.29, 1.82) is 0 Å². The van der Waals surface area contributed by atoms with Crippen molar-refractivity contribution in [2.75, 3.05) is 5.32 Å². The molecule has 0 fully saturated rings. The number of aromatic nitrogens is 1. The number of thiophene rings is 2. The molecular formula is C63H62BN2S2. The van der Waals surface area contributed by atoms with Gasteiger partial charge in [-0.3, -0.25) is 0 Å². The van der Waals surface area contributed by atoms with E-state index in [0.29, 0.717) is 0 Å². The molecule has 2 nitrogen and oxygen atoms in total. The number of fused-ring (bicyclic) bond motifs is 14. The molecule has 0 bridgehead atoms. The van der Waals surface area contributed by atoms with Crippen LogP contribution in [0.15, 0.2) is 115 Å². The molecule has 0 atom stereocenters. The van der Waals surface area contributed by atoms with Crippen LogP contribution in [0.5, 0.6) is 0 Å². The van der Waals surface area contributed by atoms with Gasteiger partial charge < -0.3 is 9.88 Å². The van der Waals surface area contributed by atoms with Crippen molar-refractivity contribution < 1.29 is 0 Å². The lowest BCUT2D eigenvalue weighted by Gasteiger charge is -2.28. The topological polar surface area (TPSA) is 17.0 Å². The number of hydrogen-bond donors (Lipinski definition) is 1. The van der Waals surface area contributed by atoms with Gasteiger partial charge in [-0.1, -0.05) is 158 Å². The zero-order valence-electron chi connectivity index (χ0n) is 42.3. The second-order valence-corrected chi connectivity index (χ2v) is 26.7. The van der Waals surface area contributed by atoms with E-state index in [-0.39, 0.29) is 27.1 Å². The van der Waals surface area contributed by atoms with E-state index in [9.17, 15) is 0 Å². The molecule has 2 aliphatic rings. The van der Waals surface area contributed by atoms with Gasteiger partial charge >= 0.3 is 0 Å². The van der Waals surface area contributed by atoms with Crippen LogP contribution in [0, 0.1) is 0 Å². The van der Waals surface area contributed by atoms with Crippen LogP contribution in [0.4, 0.5) is 11.4 Å². The maximum absolute atomic E-state index is 4.09. The summed E-state index contributed by atoms with van der Waals surface area (Å²) in [5, 5.41) is 10.8. The number of nitrogens with one attached hydrogen (secondary N) is 1. The van der Waals surface area contributed by atoms with E-state index in [1.807, 2.05) is 22.7 Å². The molecule has 7 aromatic carbocycles. The average molecular weight is 922 g/mol. The molecule has 5 heteroatoms. The highest BCUT2D eigenvalue weighted by Gasteiger charge is 2.43. The summed E-state index contributed by atoms with van der Waals surface area (Å²) in [5.74, 6) is 0. The maximum Gasteiger partial charge on any atom is 0.211 e. The molecular weight excluding hydrogens is 860 g/mol. The Hall–Kier alpha value is -5.62. The Labute approximate surface area is 411 Å². The van der Waals surface area contributed by atoms with E-state index in [1.165, 1.54) is 124 Å². The molecule has 68 heavy (non-hydrogen) atoms. The normalized spacial score (nSPS) is 14.6. The average Bonchev–Trinajstić information content (AvgIpc) is 3.98. The van der Waals surface area contributed by atoms with Crippen LogP contribution < -0.4 is 15.6 Å². The third kappa shape index (κ3) is 6.40. The minimum atomic E-state index is -0.272. The second-order valence-electron chi connectivity index (χ2n) is 24.6. The van der Waals surface area contributed by atoms with Crippen molar-refractivity contribution in [2.24, 2.45) is 0 Å². The Morgan fingerprint density at radius 3 is 1.81 bits per heavy atom. The smallest absolute Gasteiger partial charge is 0.211 e. The zero-order valence-corrected chi connectivity index (χ0v) is 43.9. The number of hydrogen-bond acceptors (Lipinski definition) is 3. The molecule has 339 valence electrons. The third-order valence-corrected chi connectivity index (χ3v) is 17.7. The van der Waals surface area contributed by atoms with Gasteiger partial charge in [-0.05, 0) is 137 Å². The first-order valence-electron chi connectivity index (χ1n) is 24.6. The Bertz CT molecular complexity index is 3780. The summed E-state index contributed by atoms with van der Waals surface area (Å²) in [6.07, 6.45) is 0. The minimum absolute atomic E-state index is 0.0147. The highest BCUT2D eigenvalue weighted by Crippen LogP contribution is 2.58. The Morgan fingerprint density at radius 1 is 0.515 bits per heavy atom. The Balaban J connectivity index is 1.26. The summed E-state index contributed by atoms with van der Waals surface area (Å²) in [6, 6.07) is 45.2. The SMILES string of the molecule is CC(C)(C)c1ccc(Nc2cc3sc4cc(C(C)(C)C)ccc4c3cc2-c2c3c(c4c5cc(C(C)(C)C)ccc5n5c4c2[B]c2sc4ccc(C(C)(C)C)cc4c2-5)C(C)(C)c2ccccc2-3)cc1. The molecule has 10 aromatic rings. The monoisotopic (exact) mass is 921 g/mol. The standard InChI is InChI=1S/C63H62BN2S2/c1-59(2,3)34-19-24-38(25-20-34)65-46-33-50-41(39-26-21-37(62(10,11)12)31-49(39)67-50)32-42(46)52-51-40-17-15-16-18-45(40)63(13,14)54(51)53-43-29-35(60(4,5)6)22-27-47(43)66-56-44-30-36(61(7,8)9)23-28-48(44)68-58(56)64-55(52)57(53)66/h15-33,65H,1-14H3. The number of benzene rings is 7. The van der Waals surface area contributed by atoms with Crippen LogP contribution in [0.2, 0.25) is 0 Å². The van der Waals surface area contributed by atoms with Gasteiger partial charge in [0.15, 0.2) is 0 Å². The molecule has 1 radical (unpaired) electrons. The first kappa shape index (κ1) is 43.7. The molecule has 1 aliphatic carbocycles. The molecule has 0 spiro atoms. The minimum Gasteiger partial charge on any atom is -0.355 e. The van der Waals surface area contributed by atoms with Gasteiger partial charge in [-0.25, -0.2) is 0 Å². The summed E-state index contributed by atoms with van der Waals surface area (Å²) >= 11 is 3.86. The number of anilines is 2. The third-order valence-electron chi connectivity index (χ3n) is 15.4. The van der Waals surface area contributed by atoms with Crippen molar-refractivity contribution in [3.05, 3.63) is 149 Å². The first-order valence-corrected chi connectivity index (χ1v) is 26.2.